The van der Waals surface area contributed by atoms with Gasteiger partial charge in [0.2, 0.25) is 0 Å². The van der Waals surface area contributed by atoms with E-state index in [1.54, 1.807) is 0 Å². The van der Waals surface area contributed by atoms with Crippen LogP contribution in [0.25, 0.3) is 16.6 Å². The van der Waals surface area contributed by atoms with Gasteiger partial charge >= 0.3 is 0 Å². The van der Waals surface area contributed by atoms with Crippen molar-refractivity contribution in [3.05, 3.63) is 54.7 Å². The molecule has 0 aliphatic carbocycles. The second kappa shape index (κ2) is 3.38. The van der Waals surface area contributed by atoms with Gasteiger partial charge in [-0.25, -0.2) is 4.68 Å². The zero-order valence-corrected chi connectivity index (χ0v) is 8.67. The highest BCUT2D eigenvalue weighted by Gasteiger charge is 2.05. The molecule has 0 radical (unpaired) electrons. The molecule has 0 unspecified atom stereocenters. The van der Waals surface area contributed by atoms with Gasteiger partial charge in [-0.3, -0.25) is 0 Å². The molecule has 2 aromatic carbocycles. The molecule has 0 amide bonds. The number of rotatable bonds is 1. The van der Waals surface area contributed by atoms with Crippen LogP contribution in [-0.2, 0) is 0 Å². The van der Waals surface area contributed by atoms with Gasteiger partial charge in [0.25, 0.3) is 0 Å². The molecule has 16 heavy (non-hydrogen) atoms. The molecule has 0 atom stereocenters. The average molecular weight is 209 g/mol. The van der Waals surface area contributed by atoms with Gasteiger partial charge in [-0.1, -0.05) is 30.3 Å². The summed E-state index contributed by atoms with van der Waals surface area (Å²) < 4.78 is 1.87. The smallest absolute Gasteiger partial charge is 0.0882 e. The first-order valence-corrected chi connectivity index (χ1v) is 5.14. The van der Waals surface area contributed by atoms with E-state index >= 15 is 0 Å². The first-order valence-electron chi connectivity index (χ1n) is 5.14. The maximum absolute atomic E-state index is 5.94. The molecule has 0 bridgehead atoms. The number of para-hydroxylation sites is 3. The van der Waals surface area contributed by atoms with Crippen LogP contribution in [0.2, 0.25) is 0 Å². The van der Waals surface area contributed by atoms with Crippen LogP contribution in [0.3, 0.4) is 0 Å². The highest BCUT2D eigenvalue weighted by molar-refractivity contribution is 5.81. The van der Waals surface area contributed by atoms with E-state index < -0.39 is 0 Å². The minimum absolute atomic E-state index is 0.733. The lowest BCUT2D eigenvalue weighted by atomic mass is 10.2. The normalized spacial score (nSPS) is 10.8. The number of aromatic nitrogens is 2. The second-order valence-electron chi connectivity index (χ2n) is 3.67. The van der Waals surface area contributed by atoms with Crippen LogP contribution in [0.5, 0.6) is 0 Å². The minimum Gasteiger partial charge on any atom is -0.397 e. The van der Waals surface area contributed by atoms with Gasteiger partial charge in [0.05, 0.1) is 23.1 Å². The molecule has 0 saturated carbocycles. The van der Waals surface area contributed by atoms with E-state index in [1.165, 1.54) is 0 Å². The zero-order chi connectivity index (χ0) is 11.0. The number of nitrogens with two attached hydrogens (primary N) is 1. The van der Waals surface area contributed by atoms with E-state index in [2.05, 4.69) is 5.10 Å². The average Bonchev–Trinajstić information content (AvgIpc) is 2.74. The molecule has 3 aromatic rings. The van der Waals surface area contributed by atoms with Crippen molar-refractivity contribution in [2.24, 2.45) is 0 Å². The number of anilines is 1. The van der Waals surface area contributed by atoms with Gasteiger partial charge in [0.15, 0.2) is 0 Å². The molecule has 3 heteroatoms. The maximum atomic E-state index is 5.94. The molecule has 3 nitrogen and oxygen atoms in total. The molecule has 0 saturated heterocycles. The first kappa shape index (κ1) is 8.97. The summed E-state index contributed by atoms with van der Waals surface area (Å²) in [5.41, 5.74) is 8.66. The second-order valence-corrected chi connectivity index (χ2v) is 3.67. The van der Waals surface area contributed by atoms with Crippen molar-refractivity contribution >= 4 is 16.6 Å². The highest BCUT2D eigenvalue weighted by atomic mass is 15.3. The van der Waals surface area contributed by atoms with E-state index in [0.717, 1.165) is 22.3 Å². The third-order valence-electron chi connectivity index (χ3n) is 2.64. The fraction of sp³-hybridized carbons (Fsp3) is 0. The Morgan fingerprint density at radius 3 is 2.56 bits per heavy atom. The number of benzene rings is 2. The van der Waals surface area contributed by atoms with Crippen LogP contribution >= 0.6 is 0 Å². The number of hydrogen-bond acceptors (Lipinski definition) is 2. The first-order chi connectivity index (χ1) is 7.86. The van der Waals surface area contributed by atoms with Crippen molar-refractivity contribution in [3.8, 4) is 5.69 Å². The van der Waals surface area contributed by atoms with Gasteiger partial charge in [0.1, 0.15) is 0 Å². The Hall–Kier alpha value is -2.29. The van der Waals surface area contributed by atoms with Gasteiger partial charge in [-0.2, -0.15) is 5.10 Å². The lowest BCUT2D eigenvalue weighted by Gasteiger charge is -2.06. The van der Waals surface area contributed by atoms with Crippen molar-refractivity contribution in [2.45, 2.75) is 0 Å². The number of nitrogen functional groups attached to an aromatic ring is 1. The molecule has 2 N–H and O–H groups in total. The molecular weight excluding hydrogens is 198 g/mol. The topological polar surface area (TPSA) is 43.8 Å². The van der Waals surface area contributed by atoms with E-state index in [4.69, 9.17) is 5.73 Å². The van der Waals surface area contributed by atoms with Crippen molar-refractivity contribution in [3.63, 3.8) is 0 Å². The minimum atomic E-state index is 0.733. The van der Waals surface area contributed by atoms with Crippen LogP contribution in [0, 0.1) is 0 Å². The Morgan fingerprint density at radius 2 is 1.69 bits per heavy atom. The standard InChI is InChI=1S/C13H11N3/c14-11-6-2-4-8-13(11)16-12-7-3-1-5-10(12)9-15-16/h1-9H,14H2. The van der Waals surface area contributed by atoms with Crippen molar-refractivity contribution in [1.29, 1.82) is 0 Å². The maximum Gasteiger partial charge on any atom is 0.0882 e. The Bertz CT molecular complexity index is 640. The van der Waals surface area contributed by atoms with Crippen LogP contribution in [-0.4, -0.2) is 9.78 Å². The highest BCUT2D eigenvalue weighted by Crippen LogP contribution is 2.21. The Labute approximate surface area is 93.1 Å². The summed E-state index contributed by atoms with van der Waals surface area (Å²) in [6.07, 6.45) is 1.85. The lowest BCUT2D eigenvalue weighted by Crippen LogP contribution is -2.00. The van der Waals surface area contributed by atoms with E-state index in [0.29, 0.717) is 0 Å². The van der Waals surface area contributed by atoms with E-state index in [9.17, 15) is 0 Å². The number of hydrogen-bond donors (Lipinski definition) is 1. The van der Waals surface area contributed by atoms with Gasteiger partial charge in [-0.15, -0.1) is 0 Å². The van der Waals surface area contributed by atoms with E-state index in [1.807, 2.05) is 59.4 Å². The Morgan fingerprint density at radius 1 is 0.938 bits per heavy atom. The molecule has 78 valence electrons. The van der Waals surface area contributed by atoms with Crippen LogP contribution < -0.4 is 5.73 Å². The van der Waals surface area contributed by atoms with Crippen molar-refractivity contribution in [2.75, 3.05) is 5.73 Å². The van der Waals surface area contributed by atoms with Crippen LogP contribution in [0.4, 0.5) is 5.69 Å². The molecule has 0 aliphatic heterocycles. The van der Waals surface area contributed by atoms with Gasteiger partial charge < -0.3 is 5.73 Å². The fourth-order valence-corrected chi connectivity index (χ4v) is 1.84. The quantitative estimate of drug-likeness (QED) is 0.626. The van der Waals surface area contributed by atoms with Crippen LogP contribution in [0.15, 0.2) is 54.7 Å². The fourth-order valence-electron chi connectivity index (χ4n) is 1.84. The zero-order valence-electron chi connectivity index (χ0n) is 8.67. The third-order valence-corrected chi connectivity index (χ3v) is 2.64. The predicted octanol–water partition coefficient (Wildman–Crippen LogP) is 2.61. The molecule has 1 heterocycles. The van der Waals surface area contributed by atoms with Gasteiger partial charge in [-0.05, 0) is 18.2 Å². The monoisotopic (exact) mass is 209 g/mol. The molecule has 0 aliphatic rings. The third kappa shape index (κ3) is 1.26. The SMILES string of the molecule is Nc1ccccc1-n1ncc2ccccc21. The largest absolute Gasteiger partial charge is 0.397 e. The predicted molar refractivity (Wildman–Crippen MR) is 65.5 cm³/mol. The molecule has 1 aromatic heterocycles. The van der Waals surface area contributed by atoms with Crippen LogP contribution in [0.1, 0.15) is 0 Å². The summed E-state index contributed by atoms with van der Waals surface area (Å²) in [6.45, 7) is 0. The summed E-state index contributed by atoms with van der Waals surface area (Å²) in [5.74, 6) is 0. The van der Waals surface area contributed by atoms with E-state index in [-0.39, 0.29) is 0 Å². The summed E-state index contributed by atoms with van der Waals surface area (Å²) >= 11 is 0. The van der Waals surface area contributed by atoms with Crippen molar-refractivity contribution < 1.29 is 0 Å². The molecular formula is C13H11N3. The summed E-state index contributed by atoms with van der Waals surface area (Å²) in [5, 5.41) is 5.48. The molecule has 0 fully saturated rings. The van der Waals surface area contributed by atoms with Crippen molar-refractivity contribution in [1.82, 2.24) is 9.78 Å². The summed E-state index contributed by atoms with van der Waals surface area (Å²) in [4.78, 5) is 0. The Kier molecular flexibility index (Phi) is 1.90. The number of fused-ring (bicyclic) bond motifs is 1. The molecule has 3 rings (SSSR count). The summed E-state index contributed by atoms with van der Waals surface area (Å²) in [6, 6.07) is 15.8. The number of nitrogens with zero attached hydrogens (tertiary/aromatic N) is 2. The summed E-state index contributed by atoms with van der Waals surface area (Å²) in [7, 11) is 0. The van der Waals surface area contributed by atoms with Gasteiger partial charge in [0, 0.05) is 5.39 Å². The Balaban J connectivity index is 2.31. The molecule has 0 spiro atoms. The lowest BCUT2D eigenvalue weighted by molar-refractivity contribution is 0.913.